The van der Waals surface area contributed by atoms with Crippen LogP contribution in [0.4, 0.5) is 10.1 Å². The van der Waals surface area contributed by atoms with Crippen LogP contribution in [-0.2, 0) is 0 Å². The van der Waals surface area contributed by atoms with Gasteiger partial charge in [-0.2, -0.15) is 0 Å². The van der Waals surface area contributed by atoms with Crippen LogP contribution in [-0.4, -0.2) is 6.04 Å². The van der Waals surface area contributed by atoms with E-state index in [0.29, 0.717) is 6.04 Å². The average molecular weight is 228 g/mol. The number of nitrogens with one attached hydrogen (secondary N) is 1. The van der Waals surface area contributed by atoms with Crippen LogP contribution in [0.25, 0.3) is 0 Å². The summed E-state index contributed by atoms with van der Waals surface area (Å²) in [5.74, 6) is -0.356. The molecule has 82 valence electrons. The summed E-state index contributed by atoms with van der Waals surface area (Å²) in [4.78, 5) is 0. The van der Waals surface area contributed by atoms with Gasteiger partial charge in [0.2, 0.25) is 0 Å². The van der Waals surface area contributed by atoms with Crippen LogP contribution < -0.4 is 5.32 Å². The van der Waals surface area contributed by atoms with E-state index in [0.717, 1.165) is 5.69 Å². The lowest BCUT2D eigenvalue weighted by atomic mass is 9.95. The quantitative estimate of drug-likeness (QED) is 0.798. The summed E-state index contributed by atoms with van der Waals surface area (Å²) in [5.41, 5.74) is 0.924. The molecule has 0 radical (unpaired) electrons. The molecule has 1 nitrogen and oxygen atoms in total. The lowest BCUT2D eigenvalue weighted by Crippen LogP contribution is -2.22. The van der Waals surface area contributed by atoms with Crippen LogP contribution in [0.15, 0.2) is 18.2 Å². The molecule has 2 rings (SSSR count). The molecule has 1 N–H and O–H groups in total. The van der Waals surface area contributed by atoms with Gasteiger partial charge in [-0.3, -0.25) is 0 Å². The fourth-order valence-corrected chi connectivity index (χ4v) is 2.25. The van der Waals surface area contributed by atoms with E-state index in [9.17, 15) is 4.39 Å². The molecule has 0 aliphatic heterocycles. The number of halogens is 2. The fraction of sp³-hybridized carbons (Fsp3) is 0.500. The Labute approximate surface area is 94.6 Å². The molecule has 1 aliphatic rings. The molecule has 1 aromatic rings. The number of anilines is 1. The highest BCUT2D eigenvalue weighted by Crippen LogP contribution is 2.24. The standard InChI is InChI=1S/C12H15ClFN/c13-11-8-10(6-7-12(11)14)15-9-4-2-1-3-5-9/h6-9,15H,1-5H2. The van der Waals surface area contributed by atoms with Crippen molar-refractivity contribution in [2.75, 3.05) is 5.32 Å². The molecule has 0 aromatic heterocycles. The van der Waals surface area contributed by atoms with Crippen LogP contribution in [0.3, 0.4) is 0 Å². The van der Waals surface area contributed by atoms with Crippen molar-refractivity contribution < 1.29 is 4.39 Å². The van der Waals surface area contributed by atoms with Crippen molar-refractivity contribution in [2.45, 2.75) is 38.1 Å². The van der Waals surface area contributed by atoms with Gasteiger partial charge in [-0.15, -0.1) is 0 Å². The summed E-state index contributed by atoms with van der Waals surface area (Å²) in [6, 6.07) is 5.34. The van der Waals surface area contributed by atoms with Crippen molar-refractivity contribution >= 4 is 17.3 Å². The van der Waals surface area contributed by atoms with Crippen molar-refractivity contribution in [3.05, 3.63) is 29.0 Å². The third-order valence-corrected chi connectivity index (χ3v) is 3.19. The minimum atomic E-state index is -0.356. The van der Waals surface area contributed by atoms with Gasteiger partial charge in [0.15, 0.2) is 0 Å². The molecule has 3 heteroatoms. The van der Waals surface area contributed by atoms with Gasteiger partial charge in [0.05, 0.1) is 5.02 Å². The topological polar surface area (TPSA) is 12.0 Å². The smallest absolute Gasteiger partial charge is 0.141 e. The minimum Gasteiger partial charge on any atom is -0.382 e. The second-order valence-corrected chi connectivity index (χ2v) is 4.52. The third kappa shape index (κ3) is 2.85. The Morgan fingerprint density at radius 1 is 1.20 bits per heavy atom. The Morgan fingerprint density at radius 3 is 2.60 bits per heavy atom. The molecular formula is C12H15ClFN. The van der Waals surface area contributed by atoms with Crippen molar-refractivity contribution in [3.8, 4) is 0 Å². The van der Waals surface area contributed by atoms with Crippen molar-refractivity contribution in [3.63, 3.8) is 0 Å². The van der Waals surface area contributed by atoms with E-state index in [4.69, 9.17) is 11.6 Å². The van der Waals surface area contributed by atoms with E-state index in [2.05, 4.69) is 5.32 Å². The Kier molecular flexibility index (Phi) is 3.47. The van der Waals surface area contributed by atoms with Gasteiger partial charge in [-0.1, -0.05) is 30.9 Å². The second-order valence-electron chi connectivity index (χ2n) is 4.11. The zero-order chi connectivity index (χ0) is 10.7. The van der Waals surface area contributed by atoms with E-state index >= 15 is 0 Å². The molecule has 0 bridgehead atoms. The van der Waals surface area contributed by atoms with E-state index in [1.54, 1.807) is 12.1 Å². The lowest BCUT2D eigenvalue weighted by molar-refractivity contribution is 0.462. The molecular weight excluding hydrogens is 213 g/mol. The summed E-state index contributed by atoms with van der Waals surface area (Å²) in [6.45, 7) is 0. The molecule has 0 saturated heterocycles. The maximum atomic E-state index is 12.9. The van der Waals surface area contributed by atoms with E-state index < -0.39 is 0 Å². The normalized spacial score (nSPS) is 17.7. The van der Waals surface area contributed by atoms with Gasteiger partial charge < -0.3 is 5.32 Å². The highest BCUT2D eigenvalue weighted by atomic mass is 35.5. The SMILES string of the molecule is Fc1ccc(NC2CCCCC2)cc1Cl. The van der Waals surface area contributed by atoms with Crippen LogP contribution in [0, 0.1) is 5.82 Å². The van der Waals surface area contributed by atoms with E-state index in [1.165, 1.54) is 38.2 Å². The van der Waals surface area contributed by atoms with Gasteiger partial charge in [-0.25, -0.2) is 4.39 Å². The summed E-state index contributed by atoms with van der Waals surface area (Å²) < 4.78 is 12.9. The first kappa shape index (κ1) is 10.7. The van der Waals surface area contributed by atoms with Crippen molar-refractivity contribution in [2.24, 2.45) is 0 Å². The van der Waals surface area contributed by atoms with Crippen LogP contribution in [0.2, 0.25) is 5.02 Å². The summed E-state index contributed by atoms with van der Waals surface area (Å²) in [5, 5.41) is 3.59. The third-order valence-electron chi connectivity index (χ3n) is 2.90. The molecule has 15 heavy (non-hydrogen) atoms. The first-order chi connectivity index (χ1) is 7.25. The summed E-state index contributed by atoms with van der Waals surface area (Å²) >= 11 is 5.72. The molecule has 1 saturated carbocycles. The predicted molar refractivity (Wildman–Crippen MR) is 61.9 cm³/mol. The molecule has 1 fully saturated rings. The van der Waals surface area contributed by atoms with Gasteiger partial charge >= 0.3 is 0 Å². The molecule has 1 aromatic carbocycles. The average Bonchev–Trinajstić information content (AvgIpc) is 2.25. The first-order valence-corrected chi connectivity index (χ1v) is 5.85. The lowest BCUT2D eigenvalue weighted by Gasteiger charge is -2.23. The maximum Gasteiger partial charge on any atom is 0.141 e. The molecule has 0 amide bonds. The monoisotopic (exact) mass is 227 g/mol. The van der Waals surface area contributed by atoms with Crippen LogP contribution in [0.5, 0.6) is 0 Å². The summed E-state index contributed by atoms with van der Waals surface area (Å²) in [6.07, 6.45) is 6.31. The Morgan fingerprint density at radius 2 is 1.93 bits per heavy atom. The number of hydrogen-bond donors (Lipinski definition) is 1. The van der Waals surface area contributed by atoms with Crippen LogP contribution in [0.1, 0.15) is 32.1 Å². The predicted octanol–water partition coefficient (Wildman–Crippen LogP) is 4.22. The Bertz CT molecular complexity index is 334. The largest absolute Gasteiger partial charge is 0.382 e. The van der Waals surface area contributed by atoms with Gasteiger partial charge in [0.1, 0.15) is 5.82 Å². The minimum absolute atomic E-state index is 0.191. The fourth-order valence-electron chi connectivity index (χ4n) is 2.07. The zero-order valence-electron chi connectivity index (χ0n) is 8.60. The zero-order valence-corrected chi connectivity index (χ0v) is 9.36. The molecule has 0 spiro atoms. The van der Waals surface area contributed by atoms with E-state index in [-0.39, 0.29) is 10.8 Å². The Balaban J connectivity index is 2.00. The molecule has 0 heterocycles. The number of hydrogen-bond acceptors (Lipinski definition) is 1. The van der Waals surface area contributed by atoms with Crippen LogP contribution >= 0.6 is 11.6 Å². The highest BCUT2D eigenvalue weighted by molar-refractivity contribution is 6.31. The molecule has 1 aliphatic carbocycles. The van der Waals surface area contributed by atoms with Gasteiger partial charge in [0.25, 0.3) is 0 Å². The highest BCUT2D eigenvalue weighted by Gasteiger charge is 2.13. The van der Waals surface area contributed by atoms with Gasteiger partial charge in [0, 0.05) is 11.7 Å². The summed E-state index contributed by atoms with van der Waals surface area (Å²) in [7, 11) is 0. The first-order valence-electron chi connectivity index (χ1n) is 5.47. The number of benzene rings is 1. The van der Waals surface area contributed by atoms with Crippen molar-refractivity contribution in [1.82, 2.24) is 0 Å². The second kappa shape index (κ2) is 4.84. The van der Waals surface area contributed by atoms with Crippen molar-refractivity contribution in [1.29, 1.82) is 0 Å². The van der Waals surface area contributed by atoms with E-state index in [1.807, 2.05) is 0 Å². The maximum absolute atomic E-state index is 12.9. The Hall–Kier alpha value is -0.760. The molecule has 0 atom stereocenters. The number of rotatable bonds is 2. The molecule has 0 unspecified atom stereocenters. The van der Waals surface area contributed by atoms with Gasteiger partial charge in [-0.05, 0) is 31.0 Å².